The monoisotopic (exact) mass is 313 g/mol. The highest BCUT2D eigenvalue weighted by Crippen LogP contribution is 2.14. The van der Waals surface area contributed by atoms with Gasteiger partial charge < -0.3 is 9.84 Å². The summed E-state index contributed by atoms with van der Waals surface area (Å²) in [7, 11) is -3.69. The number of carbonyl (C=O) groups is 1. The number of rotatable bonds is 7. The molecule has 21 heavy (non-hydrogen) atoms. The van der Waals surface area contributed by atoms with Crippen molar-refractivity contribution in [2.45, 2.75) is 31.4 Å². The van der Waals surface area contributed by atoms with Crippen molar-refractivity contribution in [1.82, 2.24) is 4.72 Å². The molecule has 2 rings (SSSR count). The highest BCUT2D eigenvalue weighted by molar-refractivity contribution is 7.89. The third kappa shape index (κ3) is 5.11. The van der Waals surface area contributed by atoms with Gasteiger partial charge in [0.1, 0.15) is 6.04 Å². The van der Waals surface area contributed by atoms with Crippen LogP contribution in [0.1, 0.15) is 18.4 Å². The second kappa shape index (κ2) is 7.02. The van der Waals surface area contributed by atoms with Crippen LogP contribution in [0.25, 0.3) is 0 Å². The van der Waals surface area contributed by atoms with Crippen LogP contribution < -0.4 is 4.72 Å². The number of carboxylic acid groups (broad SMARTS) is 1. The number of aliphatic carboxylic acids is 1. The number of nitrogens with one attached hydrogen (secondary N) is 1. The van der Waals surface area contributed by atoms with Gasteiger partial charge in [-0.15, -0.1) is 0 Å². The van der Waals surface area contributed by atoms with Crippen LogP contribution in [0.5, 0.6) is 0 Å². The average Bonchev–Trinajstić information content (AvgIpc) is 2.91. The van der Waals surface area contributed by atoms with Gasteiger partial charge in [0.05, 0.1) is 11.9 Å². The minimum absolute atomic E-state index is 0.112. The molecule has 116 valence electrons. The van der Waals surface area contributed by atoms with E-state index >= 15 is 0 Å². The first-order chi connectivity index (χ1) is 9.96. The zero-order valence-electron chi connectivity index (χ0n) is 11.6. The fourth-order valence-corrected chi connectivity index (χ4v) is 3.78. The summed E-state index contributed by atoms with van der Waals surface area (Å²) in [6.45, 7) is 0.562. The number of benzene rings is 1. The van der Waals surface area contributed by atoms with E-state index in [1.54, 1.807) is 24.3 Å². The van der Waals surface area contributed by atoms with E-state index in [1.807, 2.05) is 6.07 Å². The molecule has 1 aliphatic rings. The van der Waals surface area contributed by atoms with Crippen molar-refractivity contribution in [3.05, 3.63) is 35.9 Å². The van der Waals surface area contributed by atoms with Crippen LogP contribution >= 0.6 is 0 Å². The Morgan fingerprint density at radius 1 is 1.38 bits per heavy atom. The quantitative estimate of drug-likeness (QED) is 0.776. The van der Waals surface area contributed by atoms with Crippen molar-refractivity contribution in [3.8, 4) is 0 Å². The first-order valence-electron chi connectivity index (χ1n) is 6.84. The molecule has 0 aliphatic carbocycles. The van der Waals surface area contributed by atoms with Crippen molar-refractivity contribution in [2.24, 2.45) is 0 Å². The molecule has 2 atom stereocenters. The Balaban J connectivity index is 2.00. The summed E-state index contributed by atoms with van der Waals surface area (Å²) in [5, 5.41) is 9.20. The number of hydrogen-bond acceptors (Lipinski definition) is 4. The van der Waals surface area contributed by atoms with E-state index < -0.39 is 22.0 Å². The molecule has 0 amide bonds. The first-order valence-corrected chi connectivity index (χ1v) is 8.50. The molecule has 1 aromatic carbocycles. The fraction of sp³-hybridized carbons (Fsp3) is 0.500. The third-order valence-electron chi connectivity index (χ3n) is 3.33. The summed E-state index contributed by atoms with van der Waals surface area (Å²) >= 11 is 0. The maximum absolute atomic E-state index is 12.0. The molecular formula is C14H19NO5S. The molecule has 7 heteroatoms. The molecule has 1 unspecified atom stereocenters. The van der Waals surface area contributed by atoms with Gasteiger partial charge in [0.15, 0.2) is 0 Å². The molecule has 0 spiro atoms. The van der Waals surface area contributed by atoms with Crippen LogP contribution in [0, 0.1) is 0 Å². The lowest BCUT2D eigenvalue weighted by atomic mass is 10.1. The third-order valence-corrected chi connectivity index (χ3v) is 4.79. The average molecular weight is 313 g/mol. The molecule has 0 saturated carbocycles. The largest absolute Gasteiger partial charge is 0.480 e. The molecule has 0 aromatic heterocycles. The highest BCUT2D eigenvalue weighted by Gasteiger charge is 2.28. The zero-order valence-corrected chi connectivity index (χ0v) is 12.4. The number of sulfonamides is 1. The van der Waals surface area contributed by atoms with E-state index in [0.717, 1.165) is 12.0 Å². The normalized spacial score (nSPS) is 20.3. The molecule has 1 saturated heterocycles. The van der Waals surface area contributed by atoms with E-state index in [0.29, 0.717) is 13.0 Å². The van der Waals surface area contributed by atoms with Crippen molar-refractivity contribution >= 4 is 16.0 Å². The van der Waals surface area contributed by atoms with Gasteiger partial charge in [-0.2, -0.15) is 0 Å². The van der Waals surface area contributed by atoms with Crippen molar-refractivity contribution in [2.75, 3.05) is 12.4 Å². The van der Waals surface area contributed by atoms with Gasteiger partial charge in [0.25, 0.3) is 0 Å². The zero-order chi connectivity index (χ0) is 15.3. The van der Waals surface area contributed by atoms with Crippen molar-refractivity contribution in [1.29, 1.82) is 0 Å². The summed E-state index contributed by atoms with van der Waals surface area (Å²) in [5.41, 5.74) is 0.768. The highest BCUT2D eigenvalue weighted by atomic mass is 32.2. The van der Waals surface area contributed by atoms with Gasteiger partial charge in [-0.05, 0) is 24.8 Å². The van der Waals surface area contributed by atoms with Crippen LogP contribution in [0.3, 0.4) is 0 Å². The van der Waals surface area contributed by atoms with E-state index in [-0.39, 0.29) is 18.3 Å². The summed E-state index contributed by atoms with van der Waals surface area (Å²) < 4.78 is 31.6. The fourth-order valence-electron chi connectivity index (χ4n) is 2.31. The molecule has 1 aliphatic heterocycles. The smallest absolute Gasteiger partial charge is 0.322 e. The molecule has 1 heterocycles. The van der Waals surface area contributed by atoms with Gasteiger partial charge >= 0.3 is 5.97 Å². The molecule has 0 radical (unpaired) electrons. The van der Waals surface area contributed by atoms with E-state index in [9.17, 15) is 18.3 Å². The Morgan fingerprint density at radius 3 is 2.67 bits per heavy atom. The summed E-state index contributed by atoms with van der Waals surface area (Å²) in [5.74, 6) is -1.37. The van der Waals surface area contributed by atoms with E-state index in [4.69, 9.17) is 4.74 Å². The van der Waals surface area contributed by atoms with Crippen LogP contribution in [0.2, 0.25) is 0 Å². The van der Waals surface area contributed by atoms with E-state index in [2.05, 4.69) is 4.72 Å². The molecule has 6 nitrogen and oxygen atoms in total. The minimum Gasteiger partial charge on any atom is -0.480 e. The second-order valence-electron chi connectivity index (χ2n) is 5.11. The van der Waals surface area contributed by atoms with Gasteiger partial charge in [-0.3, -0.25) is 4.79 Å². The van der Waals surface area contributed by atoms with Crippen LogP contribution in [0.15, 0.2) is 30.3 Å². The first kappa shape index (κ1) is 15.9. The lowest BCUT2D eigenvalue weighted by Crippen LogP contribution is -2.44. The lowest BCUT2D eigenvalue weighted by Gasteiger charge is -2.16. The Bertz CT molecular complexity index is 566. The predicted molar refractivity (Wildman–Crippen MR) is 77.5 cm³/mol. The van der Waals surface area contributed by atoms with Crippen LogP contribution in [-0.4, -0.2) is 44.0 Å². The van der Waals surface area contributed by atoms with Crippen LogP contribution in [-0.2, 0) is 26.0 Å². The van der Waals surface area contributed by atoms with Gasteiger partial charge in [-0.1, -0.05) is 30.3 Å². The summed E-state index contributed by atoms with van der Waals surface area (Å²) in [4.78, 5) is 11.3. The standard InChI is InChI=1S/C14H19NO5S/c16-14(17)13(9-11-5-2-1-3-6-11)15-21(18,19)10-12-7-4-8-20-12/h1-3,5-6,12-13,15H,4,7-10H2,(H,16,17)/t12?,13-/m1/s1. The topological polar surface area (TPSA) is 92.7 Å². The number of carboxylic acids is 1. The lowest BCUT2D eigenvalue weighted by molar-refractivity contribution is -0.138. The second-order valence-corrected chi connectivity index (χ2v) is 6.91. The molecule has 0 bridgehead atoms. The SMILES string of the molecule is O=C(O)[C@@H](Cc1ccccc1)NS(=O)(=O)CC1CCCO1. The van der Waals surface area contributed by atoms with E-state index in [1.165, 1.54) is 0 Å². The Labute approximate surface area is 124 Å². The number of ether oxygens (including phenoxy) is 1. The Kier molecular flexibility index (Phi) is 5.33. The molecule has 1 aromatic rings. The molecule has 1 fully saturated rings. The number of hydrogen-bond donors (Lipinski definition) is 2. The van der Waals surface area contributed by atoms with Gasteiger partial charge in [0.2, 0.25) is 10.0 Å². The van der Waals surface area contributed by atoms with Crippen molar-refractivity contribution in [3.63, 3.8) is 0 Å². The predicted octanol–water partition coefficient (Wildman–Crippen LogP) is 0.781. The maximum atomic E-state index is 12.0. The van der Waals surface area contributed by atoms with Crippen molar-refractivity contribution < 1.29 is 23.1 Å². The maximum Gasteiger partial charge on any atom is 0.322 e. The minimum atomic E-state index is -3.69. The molecule has 2 N–H and O–H groups in total. The summed E-state index contributed by atoms with van der Waals surface area (Å²) in [6.07, 6.45) is 1.30. The Morgan fingerprint density at radius 2 is 2.10 bits per heavy atom. The van der Waals surface area contributed by atoms with Crippen LogP contribution in [0.4, 0.5) is 0 Å². The van der Waals surface area contributed by atoms with Gasteiger partial charge in [-0.25, -0.2) is 13.1 Å². The Hall–Kier alpha value is -1.44. The summed E-state index contributed by atoms with van der Waals surface area (Å²) in [6, 6.07) is 7.76. The molecular weight excluding hydrogens is 294 g/mol. The van der Waals surface area contributed by atoms with Gasteiger partial charge in [0, 0.05) is 6.61 Å².